The van der Waals surface area contributed by atoms with Gasteiger partial charge in [-0.1, -0.05) is 6.92 Å². The normalized spacial score (nSPS) is 24.2. The van der Waals surface area contributed by atoms with Crippen LogP contribution in [0.5, 0.6) is 0 Å². The molecule has 0 atom stereocenters. The predicted octanol–water partition coefficient (Wildman–Crippen LogP) is 1.84. The van der Waals surface area contributed by atoms with E-state index in [4.69, 9.17) is 0 Å². The third-order valence-electron chi connectivity index (χ3n) is 3.66. The van der Waals surface area contributed by atoms with Crippen molar-refractivity contribution in [2.75, 3.05) is 26.7 Å². The van der Waals surface area contributed by atoms with Gasteiger partial charge in [0.25, 0.3) is 0 Å². The Balaban J connectivity index is 2.38. The number of piperidine rings is 1. The largest absolute Gasteiger partial charge is 0.313 e. The van der Waals surface area contributed by atoms with E-state index in [9.17, 15) is 0 Å². The third kappa shape index (κ3) is 5.36. The summed E-state index contributed by atoms with van der Waals surface area (Å²) in [5.74, 6) is 0. The minimum Gasteiger partial charge on any atom is -0.313 e. The summed E-state index contributed by atoms with van der Waals surface area (Å²) in [6, 6.07) is 0.645. The molecule has 0 aromatic rings. The molecule has 1 saturated heterocycles. The first kappa shape index (κ1) is 14.9. The molecule has 2 N–H and O–H groups in total. The van der Waals surface area contributed by atoms with E-state index in [2.05, 4.69) is 57.2 Å². The molecule has 1 aliphatic rings. The quantitative estimate of drug-likeness (QED) is 0.769. The van der Waals surface area contributed by atoms with E-state index >= 15 is 0 Å². The van der Waals surface area contributed by atoms with Crippen LogP contribution in [0.4, 0.5) is 0 Å². The van der Waals surface area contributed by atoms with E-state index in [1.165, 1.54) is 12.8 Å². The lowest BCUT2D eigenvalue weighted by molar-refractivity contribution is 0.144. The summed E-state index contributed by atoms with van der Waals surface area (Å²) in [4.78, 5) is 2.35. The molecular formula is C14H31N3. The van der Waals surface area contributed by atoms with Crippen LogP contribution in [0.1, 0.15) is 47.5 Å². The van der Waals surface area contributed by atoms with Gasteiger partial charge in [-0.3, -0.25) is 0 Å². The molecule has 1 aliphatic heterocycles. The van der Waals surface area contributed by atoms with Gasteiger partial charge in [0.2, 0.25) is 0 Å². The summed E-state index contributed by atoms with van der Waals surface area (Å²) in [5.41, 5.74) is 0.492. The van der Waals surface area contributed by atoms with Crippen molar-refractivity contribution in [2.24, 2.45) is 0 Å². The molecular weight excluding hydrogens is 210 g/mol. The van der Waals surface area contributed by atoms with Crippen LogP contribution in [-0.4, -0.2) is 48.7 Å². The second-order valence-electron chi connectivity index (χ2n) is 6.85. The molecule has 1 rings (SSSR count). The summed E-state index contributed by atoms with van der Waals surface area (Å²) in [7, 11) is 2.18. The first-order chi connectivity index (χ1) is 7.74. The molecule has 0 amide bonds. The van der Waals surface area contributed by atoms with Gasteiger partial charge >= 0.3 is 0 Å². The minimum atomic E-state index is 0.246. The highest BCUT2D eigenvalue weighted by atomic mass is 15.1. The Labute approximate surface area is 107 Å². The van der Waals surface area contributed by atoms with Crippen LogP contribution in [0.25, 0.3) is 0 Å². The fourth-order valence-electron chi connectivity index (χ4n) is 3.08. The van der Waals surface area contributed by atoms with E-state index < -0.39 is 0 Å². The SMILES string of the molecule is CCN(C)CCNC1CC(C)(C)NC(C)(C)C1. The lowest BCUT2D eigenvalue weighted by Crippen LogP contribution is -2.61. The topological polar surface area (TPSA) is 27.3 Å². The average molecular weight is 241 g/mol. The monoisotopic (exact) mass is 241 g/mol. The maximum atomic E-state index is 3.72. The van der Waals surface area contributed by atoms with E-state index in [1.54, 1.807) is 0 Å². The maximum Gasteiger partial charge on any atom is 0.0144 e. The van der Waals surface area contributed by atoms with Gasteiger partial charge in [-0.25, -0.2) is 0 Å². The highest BCUT2D eigenvalue weighted by molar-refractivity contribution is 4.99. The zero-order valence-corrected chi connectivity index (χ0v) is 12.6. The van der Waals surface area contributed by atoms with Crippen molar-refractivity contribution < 1.29 is 0 Å². The van der Waals surface area contributed by atoms with Crippen LogP contribution in [-0.2, 0) is 0 Å². The number of rotatable bonds is 5. The molecule has 0 unspecified atom stereocenters. The number of nitrogens with one attached hydrogen (secondary N) is 2. The summed E-state index contributed by atoms with van der Waals surface area (Å²) in [6.45, 7) is 14.8. The second-order valence-corrected chi connectivity index (χ2v) is 6.85. The summed E-state index contributed by atoms with van der Waals surface area (Å²) in [5, 5.41) is 7.44. The zero-order valence-electron chi connectivity index (χ0n) is 12.6. The van der Waals surface area contributed by atoms with E-state index in [-0.39, 0.29) is 11.1 Å². The molecule has 0 radical (unpaired) electrons. The summed E-state index contributed by atoms with van der Waals surface area (Å²) >= 11 is 0. The Morgan fingerprint density at radius 1 is 1.18 bits per heavy atom. The Morgan fingerprint density at radius 3 is 2.18 bits per heavy atom. The lowest BCUT2D eigenvalue weighted by Gasteiger charge is -2.46. The highest BCUT2D eigenvalue weighted by Crippen LogP contribution is 2.28. The molecule has 1 fully saturated rings. The second kappa shape index (κ2) is 5.68. The highest BCUT2D eigenvalue weighted by Gasteiger charge is 2.37. The number of hydrogen-bond donors (Lipinski definition) is 2. The van der Waals surface area contributed by atoms with E-state index in [0.29, 0.717) is 6.04 Å². The van der Waals surface area contributed by atoms with Crippen molar-refractivity contribution in [3.63, 3.8) is 0 Å². The molecule has 102 valence electrons. The van der Waals surface area contributed by atoms with Crippen LogP contribution in [0, 0.1) is 0 Å². The molecule has 1 heterocycles. The lowest BCUT2D eigenvalue weighted by atomic mass is 9.79. The predicted molar refractivity (Wildman–Crippen MR) is 75.5 cm³/mol. The molecule has 0 aromatic carbocycles. The average Bonchev–Trinajstić information content (AvgIpc) is 2.12. The van der Waals surface area contributed by atoms with Crippen molar-refractivity contribution in [1.29, 1.82) is 0 Å². The van der Waals surface area contributed by atoms with Gasteiger partial charge in [0.05, 0.1) is 0 Å². The fourth-order valence-corrected chi connectivity index (χ4v) is 3.08. The molecule has 0 aromatic heterocycles. The van der Waals surface area contributed by atoms with Crippen LogP contribution < -0.4 is 10.6 Å². The molecule has 3 nitrogen and oxygen atoms in total. The van der Waals surface area contributed by atoms with Gasteiger partial charge in [-0.2, -0.15) is 0 Å². The summed E-state index contributed by atoms with van der Waals surface area (Å²) in [6.07, 6.45) is 2.43. The van der Waals surface area contributed by atoms with Crippen LogP contribution in [0.3, 0.4) is 0 Å². The number of likely N-dealkylation sites (N-methyl/N-ethyl adjacent to an activating group) is 1. The van der Waals surface area contributed by atoms with Gasteiger partial charge in [0.15, 0.2) is 0 Å². The van der Waals surface area contributed by atoms with Crippen LogP contribution in [0.15, 0.2) is 0 Å². The van der Waals surface area contributed by atoms with Crippen LogP contribution in [0.2, 0.25) is 0 Å². The Kier molecular flexibility index (Phi) is 4.99. The first-order valence-electron chi connectivity index (χ1n) is 6.95. The molecule has 0 spiro atoms. The summed E-state index contributed by atoms with van der Waals surface area (Å²) < 4.78 is 0. The van der Waals surface area contributed by atoms with Gasteiger partial charge < -0.3 is 15.5 Å². The van der Waals surface area contributed by atoms with Gasteiger partial charge in [0.1, 0.15) is 0 Å². The van der Waals surface area contributed by atoms with Crippen molar-refractivity contribution >= 4 is 0 Å². The van der Waals surface area contributed by atoms with Gasteiger partial charge in [-0.05, 0) is 54.1 Å². The molecule has 0 bridgehead atoms. The third-order valence-corrected chi connectivity index (χ3v) is 3.66. The van der Waals surface area contributed by atoms with Crippen molar-refractivity contribution in [3.05, 3.63) is 0 Å². The maximum absolute atomic E-state index is 3.72. The van der Waals surface area contributed by atoms with Crippen LogP contribution >= 0.6 is 0 Å². The Hall–Kier alpha value is -0.120. The van der Waals surface area contributed by atoms with Gasteiger partial charge in [-0.15, -0.1) is 0 Å². The van der Waals surface area contributed by atoms with Crippen molar-refractivity contribution in [3.8, 4) is 0 Å². The van der Waals surface area contributed by atoms with E-state index in [1.807, 2.05) is 0 Å². The van der Waals surface area contributed by atoms with E-state index in [0.717, 1.165) is 19.6 Å². The molecule has 17 heavy (non-hydrogen) atoms. The van der Waals surface area contributed by atoms with Gasteiger partial charge in [0, 0.05) is 30.2 Å². The number of hydrogen-bond acceptors (Lipinski definition) is 3. The zero-order chi connectivity index (χ0) is 13.1. The minimum absolute atomic E-state index is 0.246. The Bertz CT molecular complexity index is 220. The first-order valence-corrected chi connectivity index (χ1v) is 6.95. The fraction of sp³-hybridized carbons (Fsp3) is 1.00. The van der Waals surface area contributed by atoms with Crippen molar-refractivity contribution in [2.45, 2.75) is 64.6 Å². The van der Waals surface area contributed by atoms with Crippen molar-refractivity contribution in [1.82, 2.24) is 15.5 Å². The molecule has 0 aliphatic carbocycles. The Morgan fingerprint density at radius 2 is 1.71 bits per heavy atom. The standard InChI is InChI=1S/C14H31N3/c1-7-17(6)9-8-15-12-10-13(2,3)16-14(4,5)11-12/h12,15-16H,7-11H2,1-6H3. The molecule has 3 heteroatoms. The number of nitrogens with zero attached hydrogens (tertiary/aromatic N) is 1. The molecule has 0 saturated carbocycles. The smallest absolute Gasteiger partial charge is 0.0144 e.